The van der Waals surface area contributed by atoms with Crippen molar-refractivity contribution in [1.82, 2.24) is 0 Å². The molecule has 1 aromatic rings. The summed E-state index contributed by atoms with van der Waals surface area (Å²) >= 11 is 0. The smallest absolute Gasteiger partial charge is 0.121 e. The van der Waals surface area contributed by atoms with Crippen LogP contribution < -0.4 is 10.5 Å². The normalized spacial score (nSPS) is 12.6. The Kier molecular flexibility index (Phi) is 3.96. The van der Waals surface area contributed by atoms with E-state index < -0.39 is 0 Å². The van der Waals surface area contributed by atoms with Crippen molar-refractivity contribution < 1.29 is 4.74 Å². The predicted octanol–water partition coefficient (Wildman–Crippen LogP) is 2.14. The summed E-state index contributed by atoms with van der Waals surface area (Å²) in [5.74, 6) is 1.50. The van der Waals surface area contributed by atoms with Gasteiger partial charge in [-0.05, 0) is 43.0 Å². The van der Waals surface area contributed by atoms with Crippen molar-refractivity contribution in [2.45, 2.75) is 20.3 Å². The highest BCUT2D eigenvalue weighted by Crippen LogP contribution is 2.19. The van der Waals surface area contributed by atoms with Crippen LogP contribution in [0, 0.1) is 12.8 Å². The lowest BCUT2D eigenvalue weighted by molar-refractivity contribution is 0.411. The lowest BCUT2D eigenvalue weighted by atomic mass is 10.00. The summed E-state index contributed by atoms with van der Waals surface area (Å²) in [5, 5.41) is 0. The first-order valence-electron chi connectivity index (χ1n) is 5.01. The molecule has 2 N–H and O–H groups in total. The van der Waals surface area contributed by atoms with Crippen molar-refractivity contribution in [3.05, 3.63) is 29.3 Å². The van der Waals surface area contributed by atoms with Crippen LogP contribution in [0.5, 0.6) is 5.75 Å². The third-order valence-corrected chi connectivity index (χ3v) is 2.45. The molecule has 1 aromatic carbocycles. The summed E-state index contributed by atoms with van der Waals surface area (Å²) in [7, 11) is 1.70. The van der Waals surface area contributed by atoms with Crippen LogP contribution in [0.1, 0.15) is 18.1 Å². The van der Waals surface area contributed by atoms with E-state index in [4.69, 9.17) is 10.5 Å². The molecule has 78 valence electrons. The van der Waals surface area contributed by atoms with Crippen LogP contribution in [-0.2, 0) is 6.42 Å². The number of nitrogens with two attached hydrogens (primary N) is 1. The largest absolute Gasteiger partial charge is 0.496 e. The quantitative estimate of drug-likeness (QED) is 0.795. The van der Waals surface area contributed by atoms with Crippen LogP contribution in [0.15, 0.2) is 18.2 Å². The van der Waals surface area contributed by atoms with Gasteiger partial charge in [0.25, 0.3) is 0 Å². The molecule has 0 amide bonds. The summed E-state index contributed by atoms with van der Waals surface area (Å²) in [6, 6.07) is 6.30. The van der Waals surface area contributed by atoms with E-state index in [1.54, 1.807) is 7.11 Å². The first-order chi connectivity index (χ1) is 6.67. The van der Waals surface area contributed by atoms with E-state index in [9.17, 15) is 0 Å². The minimum atomic E-state index is 0.544. The van der Waals surface area contributed by atoms with Gasteiger partial charge in [-0.25, -0.2) is 0 Å². The maximum absolute atomic E-state index is 5.59. The molecule has 0 saturated heterocycles. The molecule has 0 fully saturated rings. The molecule has 2 heteroatoms. The van der Waals surface area contributed by atoms with Crippen LogP contribution in [0.4, 0.5) is 0 Å². The van der Waals surface area contributed by atoms with Crippen LogP contribution in [-0.4, -0.2) is 13.7 Å². The molecule has 1 rings (SSSR count). The molecule has 1 unspecified atom stereocenters. The van der Waals surface area contributed by atoms with Crippen molar-refractivity contribution in [3.63, 3.8) is 0 Å². The Bertz CT molecular complexity index is 296. The summed E-state index contributed by atoms with van der Waals surface area (Å²) in [6.07, 6.45) is 1.04. The van der Waals surface area contributed by atoms with Gasteiger partial charge in [0, 0.05) is 0 Å². The Morgan fingerprint density at radius 1 is 1.43 bits per heavy atom. The van der Waals surface area contributed by atoms with Gasteiger partial charge in [0.05, 0.1) is 7.11 Å². The summed E-state index contributed by atoms with van der Waals surface area (Å²) in [6.45, 7) is 4.97. The maximum atomic E-state index is 5.59. The van der Waals surface area contributed by atoms with Gasteiger partial charge in [-0.15, -0.1) is 0 Å². The third kappa shape index (κ3) is 2.74. The highest BCUT2D eigenvalue weighted by atomic mass is 16.5. The van der Waals surface area contributed by atoms with Gasteiger partial charge in [-0.2, -0.15) is 0 Å². The van der Waals surface area contributed by atoms with Crippen molar-refractivity contribution in [1.29, 1.82) is 0 Å². The fourth-order valence-corrected chi connectivity index (χ4v) is 1.55. The van der Waals surface area contributed by atoms with Gasteiger partial charge >= 0.3 is 0 Å². The monoisotopic (exact) mass is 193 g/mol. The van der Waals surface area contributed by atoms with E-state index in [0.717, 1.165) is 18.7 Å². The van der Waals surface area contributed by atoms with Gasteiger partial charge in [0.15, 0.2) is 0 Å². The molecule has 1 atom stereocenters. The average Bonchev–Trinajstić information content (AvgIpc) is 2.18. The Morgan fingerprint density at radius 2 is 2.14 bits per heavy atom. The lowest BCUT2D eigenvalue weighted by Crippen LogP contribution is -2.13. The standard InChI is InChI=1S/C12H19NO/c1-9(8-13)6-11-4-5-12(14-3)10(2)7-11/h4-5,7,9H,6,8,13H2,1-3H3. The number of ether oxygens (including phenoxy) is 1. The third-order valence-electron chi connectivity index (χ3n) is 2.45. The highest BCUT2D eigenvalue weighted by molar-refractivity contribution is 5.36. The molecule has 0 saturated carbocycles. The number of methoxy groups -OCH3 is 1. The number of hydrogen-bond donors (Lipinski definition) is 1. The van der Waals surface area contributed by atoms with Crippen molar-refractivity contribution >= 4 is 0 Å². The van der Waals surface area contributed by atoms with E-state index in [1.807, 2.05) is 6.07 Å². The molecule has 0 aliphatic rings. The zero-order chi connectivity index (χ0) is 10.6. The number of benzene rings is 1. The zero-order valence-corrected chi connectivity index (χ0v) is 9.21. The Hall–Kier alpha value is -1.02. The van der Waals surface area contributed by atoms with Crippen LogP contribution >= 0.6 is 0 Å². The molecule has 0 aromatic heterocycles. The second-order valence-electron chi connectivity index (χ2n) is 3.85. The second kappa shape index (κ2) is 5.01. The van der Waals surface area contributed by atoms with E-state index >= 15 is 0 Å². The maximum Gasteiger partial charge on any atom is 0.121 e. The van der Waals surface area contributed by atoms with E-state index in [1.165, 1.54) is 11.1 Å². The van der Waals surface area contributed by atoms with Crippen LogP contribution in [0.2, 0.25) is 0 Å². The molecule has 0 bridgehead atoms. The van der Waals surface area contributed by atoms with E-state index in [0.29, 0.717) is 5.92 Å². The topological polar surface area (TPSA) is 35.2 Å². The SMILES string of the molecule is COc1ccc(CC(C)CN)cc1C. The van der Waals surface area contributed by atoms with Gasteiger partial charge in [-0.3, -0.25) is 0 Å². The molecule has 0 spiro atoms. The van der Waals surface area contributed by atoms with Crippen molar-refractivity contribution in [2.75, 3.05) is 13.7 Å². The molecule has 0 heterocycles. The summed E-state index contributed by atoms with van der Waals surface area (Å²) in [5.41, 5.74) is 8.11. The fourth-order valence-electron chi connectivity index (χ4n) is 1.55. The van der Waals surface area contributed by atoms with Crippen molar-refractivity contribution in [3.8, 4) is 5.75 Å². The van der Waals surface area contributed by atoms with E-state index in [-0.39, 0.29) is 0 Å². The first kappa shape index (κ1) is 11.1. The van der Waals surface area contributed by atoms with E-state index in [2.05, 4.69) is 26.0 Å². The first-order valence-corrected chi connectivity index (χ1v) is 5.01. The van der Waals surface area contributed by atoms with Gasteiger partial charge < -0.3 is 10.5 Å². The van der Waals surface area contributed by atoms with Gasteiger partial charge in [0.2, 0.25) is 0 Å². The minimum absolute atomic E-state index is 0.544. The molecule has 0 radical (unpaired) electrons. The molecular formula is C12H19NO. The Balaban J connectivity index is 2.76. The highest BCUT2D eigenvalue weighted by Gasteiger charge is 2.03. The molecule has 0 aliphatic carbocycles. The second-order valence-corrected chi connectivity index (χ2v) is 3.85. The fraction of sp³-hybridized carbons (Fsp3) is 0.500. The minimum Gasteiger partial charge on any atom is -0.496 e. The summed E-state index contributed by atoms with van der Waals surface area (Å²) in [4.78, 5) is 0. The number of rotatable bonds is 4. The average molecular weight is 193 g/mol. The number of aryl methyl sites for hydroxylation is 1. The molecule has 0 aliphatic heterocycles. The molecule has 14 heavy (non-hydrogen) atoms. The van der Waals surface area contributed by atoms with Crippen LogP contribution in [0.25, 0.3) is 0 Å². The van der Waals surface area contributed by atoms with Crippen LogP contribution in [0.3, 0.4) is 0 Å². The molecular weight excluding hydrogens is 174 g/mol. The van der Waals surface area contributed by atoms with Gasteiger partial charge in [0.1, 0.15) is 5.75 Å². The Labute approximate surface area is 86.1 Å². The lowest BCUT2D eigenvalue weighted by Gasteiger charge is -2.10. The molecule has 2 nitrogen and oxygen atoms in total. The predicted molar refractivity (Wildman–Crippen MR) is 59.7 cm³/mol. The summed E-state index contributed by atoms with van der Waals surface area (Å²) < 4.78 is 5.21. The zero-order valence-electron chi connectivity index (χ0n) is 9.21. The van der Waals surface area contributed by atoms with Gasteiger partial charge in [-0.1, -0.05) is 19.1 Å². The number of hydrogen-bond acceptors (Lipinski definition) is 2. The Morgan fingerprint density at radius 3 is 2.64 bits per heavy atom. The van der Waals surface area contributed by atoms with Crippen molar-refractivity contribution in [2.24, 2.45) is 11.7 Å².